The summed E-state index contributed by atoms with van der Waals surface area (Å²) in [5, 5.41) is 10.8. The van der Waals surface area contributed by atoms with Crippen molar-refractivity contribution in [1.82, 2.24) is 10.2 Å². The number of anilines is 1. The smallest absolute Gasteiger partial charge is 0.317 e. The van der Waals surface area contributed by atoms with E-state index in [-0.39, 0.29) is 29.9 Å². The summed E-state index contributed by atoms with van der Waals surface area (Å²) in [7, 11) is 0. The molecule has 0 bridgehead atoms. The Bertz CT molecular complexity index is 1330. The molecule has 1 aromatic heterocycles. The summed E-state index contributed by atoms with van der Waals surface area (Å²) in [6.45, 7) is 0. The number of nitrogens with zero attached hydrogens (tertiary/aromatic N) is 3. The molecule has 158 valence electrons. The minimum Gasteiger partial charge on any atom is -0.403 e. The molecule has 0 radical (unpaired) electrons. The Labute approximate surface area is 181 Å². The van der Waals surface area contributed by atoms with Gasteiger partial charge in [0.2, 0.25) is 5.89 Å². The van der Waals surface area contributed by atoms with Gasteiger partial charge >= 0.3 is 6.01 Å². The van der Waals surface area contributed by atoms with Crippen molar-refractivity contribution in [3.8, 4) is 11.5 Å². The van der Waals surface area contributed by atoms with Crippen LogP contribution in [-0.4, -0.2) is 27.9 Å². The summed E-state index contributed by atoms with van der Waals surface area (Å²) in [6.07, 6.45) is -0.878. The number of benzene rings is 3. The average molecular weight is 430 g/mol. The first-order valence-corrected chi connectivity index (χ1v) is 9.87. The minimum absolute atomic E-state index is 0.00373. The lowest BCUT2D eigenvalue weighted by Gasteiger charge is -2.12. The fraction of sp³-hybridized carbons (Fsp3) is 0.0833. The Kier molecular flexibility index (Phi) is 5.03. The van der Waals surface area contributed by atoms with Crippen LogP contribution in [0.25, 0.3) is 11.5 Å². The number of ketones is 1. The third-order valence-corrected chi connectivity index (χ3v) is 5.07. The highest BCUT2D eigenvalue weighted by Crippen LogP contribution is 2.24. The van der Waals surface area contributed by atoms with Crippen LogP contribution in [0.1, 0.15) is 16.7 Å². The van der Waals surface area contributed by atoms with E-state index >= 15 is 0 Å². The van der Waals surface area contributed by atoms with Gasteiger partial charge in [0.05, 0.1) is 5.71 Å². The van der Waals surface area contributed by atoms with Crippen LogP contribution in [0.3, 0.4) is 0 Å². The molecule has 3 aromatic carbocycles. The zero-order valence-corrected chi connectivity index (χ0v) is 16.6. The van der Waals surface area contributed by atoms with Crippen LogP contribution in [-0.2, 0) is 11.2 Å². The summed E-state index contributed by atoms with van der Waals surface area (Å²) < 4.78 is 32.7. The summed E-state index contributed by atoms with van der Waals surface area (Å²) in [6, 6.07) is 19.1. The Morgan fingerprint density at radius 3 is 2.50 bits per heavy atom. The largest absolute Gasteiger partial charge is 0.403 e. The molecule has 4 aromatic rings. The molecule has 1 aliphatic rings. The van der Waals surface area contributed by atoms with Crippen molar-refractivity contribution < 1.29 is 18.0 Å². The van der Waals surface area contributed by atoms with E-state index in [0.717, 1.165) is 11.1 Å². The molecule has 1 aliphatic heterocycles. The molecule has 0 fully saturated rings. The Morgan fingerprint density at radius 2 is 1.69 bits per heavy atom. The predicted molar refractivity (Wildman–Crippen MR) is 114 cm³/mol. The van der Waals surface area contributed by atoms with Crippen LogP contribution in [0, 0.1) is 11.6 Å². The first-order chi connectivity index (χ1) is 15.6. The van der Waals surface area contributed by atoms with E-state index in [9.17, 15) is 13.6 Å². The molecule has 6 nitrogen and oxygen atoms in total. The van der Waals surface area contributed by atoms with Gasteiger partial charge in [0.15, 0.2) is 11.9 Å². The lowest BCUT2D eigenvalue weighted by atomic mass is 9.96. The molecular formula is C24H16F2N4O2. The molecule has 1 unspecified atom stereocenters. The topological polar surface area (TPSA) is 80.4 Å². The fourth-order valence-corrected chi connectivity index (χ4v) is 3.55. The monoisotopic (exact) mass is 430 g/mol. The average Bonchev–Trinajstić information content (AvgIpc) is 3.20. The summed E-state index contributed by atoms with van der Waals surface area (Å²) in [5.74, 6) is -0.811. The maximum absolute atomic E-state index is 13.9. The molecule has 0 amide bonds. The third-order valence-electron chi connectivity index (χ3n) is 5.07. The van der Waals surface area contributed by atoms with Gasteiger partial charge in [-0.05, 0) is 42.0 Å². The van der Waals surface area contributed by atoms with Crippen LogP contribution >= 0.6 is 0 Å². The van der Waals surface area contributed by atoms with E-state index in [1.54, 1.807) is 12.1 Å². The van der Waals surface area contributed by atoms with Crippen molar-refractivity contribution in [2.75, 3.05) is 5.32 Å². The van der Waals surface area contributed by atoms with Gasteiger partial charge < -0.3 is 9.73 Å². The van der Waals surface area contributed by atoms with E-state index in [4.69, 9.17) is 4.42 Å². The highest BCUT2D eigenvalue weighted by atomic mass is 19.1. The normalized spacial score (nSPS) is 15.6. The highest BCUT2D eigenvalue weighted by molar-refractivity contribution is 6.16. The summed E-state index contributed by atoms with van der Waals surface area (Å²) in [4.78, 5) is 17.6. The molecular weight excluding hydrogens is 414 g/mol. The zero-order chi connectivity index (χ0) is 22.1. The predicted octanol–water partition coefficient (Wildman–Crippen LogP) is 4.42. The van der Waals surface area contributed by atoms with Crippen LogP contribution < -0.4 is 5.32 Å². The molecule has 0 saturated carbocycles. The lowest BCUT2D eigenvalue weighted by Crippen LogP contribution is -2.29. The molecule has 0 aliphatic carbocycles. The number of fused-ring (bicyclic) bond motifs is 1. The van der Waals surface area contributed by atoms with Gasteiger partial charge in [-0.3, -0.25) is 9.79 Å². The number of aromatic nitrogens is 2. The number of carbonyl (C=O) groups excluding carboxylic acids is 1. The first-order valence-electron chi connectivity index (χ1n) is 9.87. The number of hydrogen-bond donors (Lipinski definition) is 1. The molecule has 32 heavy (non-hydrogen) atoms. The van der Waals surface area contributed by atoms with Crippen LogP contribution in [0.5, 0.6) is 0 Å². The number of aliphatic imine (C=N–C) groups is 1. The third kappa shape index (κ3) is 3.90. The van der Waals surface area contributed by atoms with Gasteiger partial charge in [-0.25, -0.2) is 8.78 Å². The SMILES string of the molecule is O=C1Cc2ccccc2C(c2cccc(F)c2)=NC1Nc1nnc(-c2ccc(F)cc2)o1. The van der Waals surface area contributed by atoms with Crippen molar-refractivity contribution in [3.05, 3.63) is 101 Å². The maximum Gasteiger partial charge on any atom is 0.317 e. The molecule has 8 heteroatoms. The molecule has 2 heterocycles. The fourth-order valence-electron chi connectivity index (χ4n) is 3.55. The van der Waals surface area contributed by atoms with Crippen molar-refractivity contribution in [2.45, 2.75) is 12.6 Å². The number of nitrogens with one attached hydrogen (secondary N) is 1. The second-order valence-electron chi connectivity index (χ2n) is 7.25. The van der Waals surface area contributed by atoms with Gasteiger partial charge in [0.25, 0.3) is 0 Å². The van der Waals surface area contributed by atoms with Gasteiger partial charge in [-0.1, -0.05) is 41.5 Å². The van der Waals surface area contributed by atoms with Gasteiger partial charge in [0, 0.05) is 23.1 Å². The second-order valence-corrected chi connectivity index (χ2v) is 7.25. The summed E-state index contributed by atoms with van der Waals surface area (Å²) >= 11 is 0. The van der Waals surface area contributed by atoms with Crippen molar-refractivity contribution >= 4 is 17.5 Å². The van der Waals surface area contributed by atoms with Crippen molar-refractivity contribution in [1.29, 1.82) is 0 Å². The van der Waals surface area contributed by atoms with Crippen LogP contribution in [0.15, 0.2) is 82.2 Å². The molecule has 5 rings (SSSR count). The number of hydrogen-bond acceptors (Lipinski definition) is 6. The van der Waals surface area contributed by atoms with Gasteiger partial charge in [0.1, 0.15) is 11.6 Å². The quantitative estimate of drug-likeness (QED) is 0.519. The van der Waals surface area contributed by atoms with Crippen LogP contribution in [0.2, 0.25) is 0 Å². The van der Waals surface area contributed by atoms with Gasteiger partial charge in [-0.2, -0.15) is 0 Å². The highest BCUT2D eigenvalue weighted by Gasteiger charge is 2.27. The number of Topliss-reactive ketones (excluding diaryl/α,β-unsaturated/α-hetero) is 1. The lowest BCUT2D eigenvalue weighted by molar-refractivity contribution is -0.119. The number of halogens is 2. The van der Waals surface area contributed by atoms with Crippen LogP contribution in [0.4, 0.5) is 14.8 Å². The molecule has 0 saturated heterocycles. The molecule has 1 N–H and O–H groups in total. The summed E-state index contributed by atoms with van der Waals surface area (Å²) in [5.41, 5.74) is 3.13. The Morgan fingerprint density at radius 1 is 0.875 bits per heavy atom. The zero-order valence-electron chi connectivity index (χ0n) is 16.6. The van der Waals surface area contributed by atoms with E-state index in [0.29, 0.717) is 16.8 Å². The minimum atomic E-state index is -1.01. The second kappa shape index (κ2) is 8.14. The van der Waals surface area contributed by atoms with Crippen molar-refractivity contribution in [2.24, 2.45) is 4.99 Å². The number of rotatable bonds is 4. The van der Waals surface area contributed by atoms with Gasteiger partial charge in [-0.15, -0.1) is 5.10 Å². The van der Waals surface area contributed by atoms with E-state index in [1.165, 1.54) is 36.4 Å². The van der Waals surface area contributed by atoms with E-state index in [2.05, 4.69) is 20.5 Å². The van der Waals surface area contributed by atoms with E-state index < -0.39 is 12.0 Å². The standard InChI is InChI=1S/C24H16F2N4O2/c25-17-10-8-14(9-11-17)23-29-30-24(32-23)28-22-20(31)13-15-4-1-2-7-19(15)21(27-22)16-5-3-6-18(26)12-16/h1-12,22H,13H2,(H,28,30). The Hall–Kier alpha value is -4.20. The molecule has 1 atom stereocenters. The molecule has 0 spiro atoms. The first kappa shape index (κ1) is 19.7. The van der Waals surface area contributed by atoms with E-state index in [1.807, 2.05) is 24.3 Å². The number of carbonyl (C=O) groups is 1. The Balaban J connectivity index is 1.51. The van der Waals surface area contributed by atoms with Crippen molar-refractivity contribution in [3.63, 3.8) is 0 Å². The maximum atomic E-state index is 13.9.